The van der Waals surface area contributed by atoms with E-state index in [1.165, 1.54) is 17.3 Å². The molecule has 4 rings (SSSR count). The number of hydrogen-bond donors (Lipinski definition) is 0. The molecule has 7 heteroatoms. The Hall–Kier alpha value is -2.93. The number of ketones is 1. The minimum atomic E-state index is -0.338. The highest BCUT2D eigenvalue weighted by atomic mass is 32.2. The zero-order chi connectivity index (χ0) is 21.3. The first-order valence-electron chi connectivity index (χ1n) is 10.2. The van der Waals surface area contributed by atoms with Gasteiger partial charge in [-0.05, 0) is 37.5 Å². The lowest BCUT2D eigenvalue weighted by molar-refractivity contribution is 0.0994. The van der Waals surface area contributed by atoms with Crippen LogP contribution in [0.5, 0.6) is 0 Å². The van der Waals surface area contributed by atoms with Crippen molar-refractivity contribution in [2.24, 2.45) is 0 Å². The summed E-state index contributed by atoms with van der Waals surface area (Å²) in [5.74, 6) is 0.556. The molecule has 1 unspecified atom stereocenters. The summed E-state index contributed by atoms with van der Waals surface area (Å²) in [4.78, 5) is 25.9. The van der Waals surface area contributed by atoms with E-state index in [1.807, 2.05) is 66.8 Å². The number of para-hydroxylation sites is 1. The maximum atomic E-state index is 13.0. The first-order chi connectivity index (χ1) is 14.5. The van der Waals surface area contributed by atoms with Gasteiger partial charge in [0.05, 0.1) is 16.2 Å². The van der Waals surface area contributed by atoms with Crippen LogP contribution in [0.2, 0.25) is 0 Å². The number of hydrogen-bond acceptors (Lipinski definition) is 5. The van der Waals surface area contributed by atoms with Crippen molar-refractivity contribution in [1.82, 2.24) is 19.2 Å². The van der Waals surface area contributed by atoms with Gasteiger partial charge in [0.25, 0.3) is 5.56 Å². The van der Waals surface area contributed by atoms with Crippen molar-refractivity contribution in [3.63, 3.8) is 0 Å². The van der Waals surface area contributed by atoms with E-state index in [0.717, 1.165) is 18.4 Å². The smallest absolute Gasteiger partial charge is 0.262 e. The molecule has 2 aromatic heterocycles. The first-order valence-corrected chi connectivity index (χ1v) is 11.1. The molecule has 0 saturated heterocycles. The Bertz CT molecular complexity index is 1270. The van der Waals surface area contributed by atoms with Gasteiger partial charge in [0, 0.05) is 12.1 Å². The lowest BCUT2D eigenvalue weighted by Crippen LogP contribution is -2.23. The second-order valence-corrected chi connectivity index (χ2v) is 8.57. The molecule has 0 aliphatic carbocycles. The summed E-state index contributed by atoms with van der Waals surface area (Å²) in [7, 11) is 0. The van der Waals surface area contributed by atoms with Crippen molar-refractivity contribution in [1.29, 1.82) is 0 Å². The molecular formula is C23H24N4O2S. The van der Waals surface area contributed by atoms with E-state index in [1.54, 1.807) is 4.57 Å². The third kappa shape index (κ3) is 3.54. The Morgan fingerprint density at radius 1 is 1.07 bits per heavy atom. The van der Waals surface area contributed by atoms with Gasteiger partial charge in [-0.15, -0.1) is 10.2 Å². The molecule has 0 N–H and O–H groups in total. The van der Waals surface area contributed by atoms with E-state index in [4.69, 9.17) is 0 Å². The van der Waals surface area contributed by atoms with Crippen molar-refractivity contribution in [3.05, 3.63) is 70.0 Å². The quantitative estimate of drug-likeness (QED) is 0.328. The third-order valence-corrected chi connectivity index (χ3v) is 6.27. The van der Waals surface area contributed by atoms with Gasteiger partial charge in [0.2, 0.25) is 5.78 Å². The van der Waals surface area contributed by atoms with Crippen LogP contribution < -0.4 is 5.56 Å². The third-order valence-electron chi connectivity index (χ3n) is 5.22. The van der Waals surface area contributed by atoms with Crippen LogP contribution in [0.3, 0.4) is 0 Å². The fourth-order valence-electron chi connectivity index (χ4n) is 3.59. The standard InChI is InChI=1S/C23H24N4O2S/c1-4-14-26-21(29)18-8-6-7-9-19(18)27-22(26)24-25-23(27)30-15(3)20(28)17-12-10-16(5-2)11-13-17/h6-13,15H,4-5,14H2,1-3H3. The zero-order valence-electron chi connectivity index (χ0n) is 17.3. The van der Waals surface area contributed by atoms with E-state index in [2.05, 4.69) is 17.1 Å². The molecule has 2 heterocycles. The molecule has 0 saturated carbocycles. The van der Waals surface area contributed by atoms with Crippen LogP contribution in [-0.4, -0.2) is 30.2 Å². The van der Waals surface area contributed by atoms with E-state index in [9.17, 15) is 9.59 Å². The molecule has 0 spiro atoms. The van der Waals surface area contributed by atoms with Gasteiger partial charge >= 0.3 is 0 Å². The molecule has 0 amide bonds. The molecule has 0 aliphatic rings. The van der Waals surface area contributed by atoms with Crippen LogP contribution in [0.25, 0.3) is 16.7 Å². The summed E-state index contributed by atoms with van der Waals surface area (Å²) in [6.45, 7) is 6.56. The van der Waals surface area contributed by atoms with Crippen LogP contribution in [0.4, 0.5) is 0 Å². The average Bonchev–Trinajstić information content (AvgIpc) is 3.19. The normalized spacial score (nSPS) is 12.5. The molecule has 1 atom stereocenters. The second-order valence-electron chi connectivity index (χ2n) is 7.27. The summed E-state index contributed by atoms with van der Waals surface area (Å²) in [6.07, 6.45) is 1.75. The number of rotatable bonds is 7. The van der Waals surface area contributed by atoms with Gasteiger partial charge in [0.1, 0.15) is 0 Å². The van der Waals surface area contributed by atoms with Crippen LogP contribution in [-0.2, 0) is 13.0 Å². The van der Waals surface area contributed by atoms with E-state index in [0.29, 0.717) is 28.4 Å². The topological polar surface area (TPSA) is 69.3 Å². The van der Waals surface area contributed by atoms with Gasteiger partial charge in [-0.2, -0.15) is 0 Å². The molecule has 0 aliphatic heterocycles. The van der Waals surface area contributed by atoms with Crippen molar-refractivity contribution < 1.29 is 4.79 Å². The van der Waals surface area contributed by atoms with Crippen molar-refractivity contribution in [3.8, 4) is 0 Å². The molecule has 4 aromatic rings. The van der Waals surface area contributed by atoms with Gasteiger partial charge in [-0.25, -0.2) is 0 Å². The number of aryl methyl sites for hydroxylation is 2. The summed E-state index contributed by atoms with van der Waals surface area (Å²) in [5.41, 5.74) is 2.58. The number of carbonyl (C=O) groups excluding carboxylic acids is 1. The fourth-order valence-corrected chi connectivity index (χ4v) is 4.52. The SMILES string of the molecule is CCCn1c(=O)c2ccccc2n2c(SC(C)C(=O)c3ccc(CC)cc3)nnc12. The predicted octanol–water partition coefficient (Wildman–Crippen LogP) is 4.38. The highest BCUT2D eigenvalue weighted by molar-refractivity contribution is 8.00. The molecule has 0 fully saturated rings. The number of carbonyl (C=O) groups is 1. The predicted molar refractivity (Wildman–Crippen MR) is 121 cm³/mol. The number of nitrogens with zero attached hydrogens (tertiary/aromatic N) is 4. The Morgan fingerprint density at radius 2 is 1.80 bits per heavy atom. The number of thioether (sulfide) groups is 1. The summed E-state index contributed by atoms with van der Waals surface area (Å²) in [6, 6.07) is 15.2. The Balaban J connectivity index is 1.76. The molecule has 30 heavy (non-hydrogen) atoms. The van der Waals surface area contributed by atoms with Crippen LogP contribution in [0.15, 0.2) is 58.5 Å². The number of benzene rings is 2. The Morgan fingerprint density at radius 3 is 2.50 bits per heavy atom. The molecular weight excluding hydrogens is 396 g/mol. The Kier molecular flexibility index (Phi) is 5.72. The number of aromatic nitrogens is 4. The lowest BCUT2D eigenvalue weighted by atomic mass is 10.1. The van der Waals surface area contributed by atoms with E-state index >= 15 is 0 Å². The number of Topliss-reactive ketones (excluding diaryl/α,β-unsaturated/α-hetero) is 1. The molecule has 6 nitrogen and oxygen atoms in total. The summed E-state index contributed by atoms with van der Waals surface area (Å²) in [5, 5.41) is 9.53. The van der Waals surface area contributed by atoms with Crippen molar-refractivity contribution in [2.75, 3.05) is 0 Å². The second kappa shape index (κ2) is 8.44. The van der Waals surface area contributed by atoms with Gasteiger partial charge in [-0.1, -0.05) is 62.0 Å². The fraction of sp³-hybridized carbons (Fsp3) is 0.304. The molecule has 2 aromatic carbocycles. The first kappa shape index (κ1) is 20.3. The van der Waals surface area contributed by atoms with E-state index in [-0.39, 0.29) is 16.6 Å². The van der Waals surface area contributed by atoms with Crippen molar-refractivity contribution >= 4 is 34.2 Å². The average molecular weight is 421 g/mol. The van der Waals surface area contributed by atoms with Gasteiger partial charge < -0.3 is 0 Å². The lowest BCUT2D eigenvalue weighted by Gasteiger charge is -2.12. The van der Waals surface area contributed by atoms with Gasteiger partial charge in [0.15, 0.2) is 10.9 Å². The zero-order valence-corrected chi connectivity index (χ0v) is 18.1. The minimum absolute atomic E-state index is 0.0468. The van der Waals surface area contributed by atoms with E-state index < -0.39 is 0 Å². The largest absolute Gasteiger partial charge is 0.293 e. The summed E-state index contributed by atoms with van der Waals surface area (Å²) < 4.78 is 3.55. The Labute approximate surface area is 178 Å². The number of fused-ring (bicyclic) bond motifs is 3. The molecule has 0 radical (unpaired) electrons. The highest BCUT2D eigenvalue weighted by Crippen LogP contribution is 2.27. The van der Waals surface area contributed by atoms with Crippen molar-refractivity contribution in [2.45, 2.75) is 50.6 Å². The highest BCUT2D eigenvalue weighted by Gasteiger charge is 2.22. The molecule has 154 valence electrons. The minimum Gasteiger partial charge on any atom is -0.293 e. The monoisotopic (exact) mass is 420 g/mol. The maximum Gasteiger partial charge on any atom is 0.262 e. The summed E-state index contributed by atoms with van der Waals surface area (Å²) >= 11 is 1.36. The molecule has 0 bridgehead atoms. The van der Waals surface area contributed by atoms with Crippen LogP contribution >= 0.6 is 11.8 Å². The maximum absolute atomic E-state index is 13.0. The van der Waals surface area contributed by atoms with Crippen LogP contribution in [0, 0.1) is 0 Å². The van der Waals surface area contributed by atoms with Gasteiger partial charge in [-0.3, -0.25) is 18.6 Å². The van der Waals surface area contributed by atoms with Crippen LogP contribution in [0.1, 0.15) is 43.1 Å².